The van der Waals surface area contributed by atoms with Crippen LogP contribution in [0.1, 0.15) is 11.1 Å². The van der Waals surface area contributed by atoms with Gasteiger partial charge in [-0.2, -0.15) is 0 Å². The number of nitrogens with two attached hydrogens (primary N) is 1. The summed E-state index contributed by atoms with van der Waals surface area (Å²) >= 11 is 0. The van der Waals surface area contributed by atoms with Gasteiger partial charge in [0.15, 0.2) is 0 Å². The van der Waals surface area contributed by atoms with E-state index in [4.69, 9.17) is 5.73 Å². The average molecular weight is 265 g/mol. The third-order valence-corrected chi connectivity index (χ3v) is 2.94. The molecule has 0 fully saturated rings. The van der Waals surface area contributed by atoms with Crippen LogP contribution in [0.15, 0.2) is 42.5 Å². The molecular weight excluding hydrogens is 251 g/mol. The Morgan fingerprint density at radius 2 is 1.47 bits per heavy atom. The van der Waals surface area contributed by atoms with E-state index >= 15 is 0 Å². The number of halogens is 3. The molecule has 0 aromatic heterocycles. The average Bonchev–Trinajstić information content (AvgIpc) is 2.36. The highest BCUT2D eigenvalue weighted by Crippen LogP contribution is 2.14. The summed E-state index contributed by atoms with van der Waals surface area (Å²) in [5, 5.41) is 0. The van der Waals surface area contributed by atoms with Crippen molar-refractivity contribution >= 4 is 0 Å². The van der Waals surface area contributed by atoms with Crippen molar-refractivity contribution in [2.45, 2.75) is 18.9 Å². The molecule has 0 amide bonds. The lowest BCUT2D eigenvalue weighted by Gasteiger charge is -2.13. The van der Waals surface area contributed by atoms with E-state index in [2.05, 4.69) is 0 Å². The van der Waals surface area contributed by atoms with E-state index < -0.39 is 17.7 Å². The first-order chi connectivity index (χ1) is 9.06. The van der Waals surface area contributed by atoms with Crippen molar-refractivity contribution in [2.75, 3.05) is 0 Å². The van der Waals surface area contributed by atoms with Crippen LogP contribution in [-0.2, 0) is 12.8 Å². The fraction of sp³-hybridized carbons (Fsp3) is 0.200. The molecule has 0 aliphatic carbocycles. The van der Waals surface area contributed by atoms with Gasteiger partial charge in [0.05, 0.1) is 0 Å². The van der Waals surface area contributed by atoms with Crippen LogP contribution in [0, 0.1) is 17.5 Å². The van der Waals surface area contributed by atoms with Gasteiger partial charge in [-0.1, -0.05) is 24.3 Å². The summed E-state index contributed by atoms with van der Waals surface area (Å²) in [5.41, 5.74) is 6.72. The summed E-state index contributed by atoms with van der Waals surface area (Å²) in [6.45, 7) is 0. The van der Waals surface area contributed by atoms with Gasteiger partial charge in [-0.25, -0.2) is 13.2 Å². The van der Waals surface area contributed by atoms with Crippen LogP contribution in [0.2, 0.25) is 0 Å². The van der Waals surface area contributed by atoms with Crippen LogP contribution < -0.4 is 5.73 Å². The zero-order chi connectivity index (χ0) is 13.8. The maximum atomic E-state index is 13.5. The smallest absolute Gasteiger partial charge is 0.129 e. The summed E-state index contributed by atoms with van der Waals surface area (Å²) in [5.74, 6) is -1.56. The fourth-order valence-corrected chi connectivity index (χ4v) is 1.99. The molecule has 100 valence electrons. The fourth-order valence-electron chi connectivity index (χ4n) is 1.99. The summed E-state index contributed by atoms with van der Waals surface area (Å²) < 4.78 is 39.7. The summed E-state index contributed by atoms with van der Waals surface area (Å²) in [6.07, 6.45) is 0.546. The van der Waals surface area contributed by atoms with Gasteiger partial charge in [-0.05, 0) is 36.1 Å². The molecule has 2 aromatic carbocycles. The molecule has 0 heterocycles. The first kappa shape index (κ1) is 13.6. The largest absolute Gasteiger partial charge is 0.327 e. The molecule has 0 saturated heterocycles. The standard InChI is InChI=1S/C15H14F3N/c16-12-6-5-11(15(18)9-12)8-13(19)7-10-3-1-2-4-14(10)17/h1-6,9,13H,7-8,19H2. The molecule has 2 N–H and O–H groups in total. The summed E-state index contributed by atoms with van der Waals surface area (Å²) in [7, 11) is 0. The molecule has 4 heteroatoms. The molecule has 0 bridgehead atoms. The summed E-state index contributed by atoms with van der Waals surface area (Å²) in [4.78, 5) is 0. The Balaban J connectivity index is 2.05. The monoisotopic (exact) mass is 265 g/mol. The third-order valence-electron chi connectivity index (χ3n) is 2.94. The molecule has 0 aliphatic heterocycles. The van der Waals surface area contributed by atoms with Crippen LogP contribution in [0.25, 0.3) is 0 Å². The molecule has 0 aliphatic rings. The molecule has 0 spiro atoms. The second kappa shape index (κ2) is 5.89. The highest BCUT2D eigenvalue weighted by molar-refractivity contribution is 5.22. The van der Waals surface area contributed by atoms with E-state index in [0.29, 0.717) is 17.5 Å². The van der Waals surface area contributed by atoms with Gasteiger partial charge >= 0.3 is 0 Å². The molecule has 2 aromatic rings. The van der Waals surface area contributed by atoms with Gasteiger partial charge in [-0.3, -0.25) is 0 Å². The first-order valence-corrected chi connectivity index (χ1v) is 5.99. The lowest BCUT2D eigenvalue weighted by molar-refractivity contribution is 0.551. The predicted octanol–water partition coefficient (Wildman–Crippen LogP) is 3.22. The maximum absolute atomic E-state index is 13.5. The Morgan fingerprint density at radius 1 is 0.842 bits per heavy atom. The SMILES string of the molecule is NC(Cc1ccccc1F)Cc1ccc(F)cc1F. The van der Waals surface area contributed by atoms with Crippen LogP contribution in [0.4, 0.5) is 13.2 Å². The van der Waals surface area contributed by atoms with Crippen molar-refractivity contribution in [1.82, 2.24) is 0 Å². The van der Waals surface area contributed by atoms with Crippen molar-refractivity contribution in [3.8, 4) is 0 Å². The first-order valence-electron chi connectivity index (χ1n) is 5.99. The molecule has 19 heavy (non-hydrogen) atoms. The Hall–Kier alpha value is -1.81. The van der Waals surface area contributed by atoms with E-state index in [1.165, 1.54) is 18.2 Å². The van der Waals surface area contributed by atoms with Crippen molar-refractivity contribution in [3.05, 3.63) is 71.0 Å². The van der Waals surface area contributed by atoms with E-state index in [1.54, 1.807) is 18.2 Å². The number of benzene rings is 2. The molecular formula is C15H14F3N. The minimum Gasteiger partial charge on any atom is -0.327 e. The van der Waals surface area contributed by atoms with Crippen LogP contribution in [0.3, 0.4) is 0 Å². The van der Waals surface area contributed by atoms with Crippen molar-refractivity contribution < 1.29 is 13.2 Å². The van der Waals surface area contributed by atoms with Crippen LogP contribution >= 0.6 is 0 Å². The van der Waals surface area contributed by atoms with E-state index in [-0.39, 0.29) is 12.2 Å². The molecule has 0 saturated carbocycles. The Bertz CT molecular complexity index is 569. The zero-order valence-corrected chi connectivity index (χ0v) is 10.2. The molecule has 1 unspecified atom stereocenters. The van der Waals surface area contributed by atoms with Gasteiger partial charge in [-0.15, -0.1) is 0 Å². The highest BCUT2D eigenvalue weighted by Gasteiger charge is 2.11. The Labute approximate surface area is 109 Å². The number of rotatable bonds is 4. The van der Waals surface area contributed by atoms with Gasteiger partial charge < -0.3 is 5.73 Å². The minimum absolute atomic E-state index is 0.237. The zero-order valence-electron chi connectivity index (χ0n) is 10.2. The molecule has 1 atom stereocenters. The normalized spacial score (nSPS) is 12.4. The number of hydrogen-bond acceptors (Lipinski definition) is 1. The van der Waals surface area contributed by atoms with Crippen molar-refractivity contribution in [1.29, 1.82) is 0 Å². The van der Waals surface area contributed by atoms with Gasteiger partial charge in [0.25, 0.3) is 0 Å². The van der Waals surface area contributed by atoms with E-state index in [1.807, 2.05) is 0 Å². The molecule has 2 rings (SSSR count). The predicted molar refractivity (Wildman–Crippen MR) is 68.1 cm³/mol. The van der Waals surface area contributed by atoms with Gasteiger partial charge in [0.1, 0.15) is 17.5 Å². The van der Waals surface area contributed by atoms with Crippen LogP contribution in [0.5, 0.6) is 0 Å². The Morgan fingerprint density at radius 3 is 2.11 bits per heavy atom. The molecule has 1 nitrogen and oxygen atoms in total. The minimum atomic E-state index is -0.621. The van der Waals surface area contributed by atoms with Gasteiger partial charge in [0, 0.05) is 12.1 Å². The van der Waals surface area contributed by atoms with Crippen molar-refractivity contribution in [2.24, 2.45) is 5.73 Å². The van der Waals surface area contributed by atoms with Crippen molar-refractivity contribution in [3.63, 3.8) is 0 Å². The van der Waals surface area contributed by atoms with E-state index in [9.17, 15) is 13.2 Å². The second-order valence-corrected chi connectivity index (χ2v) is 4.50. The second-order valence-electron chi connectivity index (χ2n) is 4.50. The van der Waals surface area contributed by atoms with Gasteiger partial charge in [0.2, 0.25) is 0 Å². The van der Waals surface area contributed by atoms with Crippen LogP contribution in [-0.4, -0.2) is 6.04 Å². The quantitative estimate of drug-likeness (QED) is 0.902. The highest BCUT2D eigenvalue weighted by atomic mass is 19.1. The maximum Gasteiger partial charge on any atom is 0.129 e. The lowest BCUT2D eigenvalue weighted by Crippen LogP contribution is -2.26. The molecule has 0 radical (unpaired) electrons. The Kier molecular flexibility index (Phi) is 4.22. The summed E-state index contributed by atoms with van der Waals surface area (Å²) in [6, 6.07) is 9.30. The third kappa shape index (κ3) is 3.58. The van der Waals surface area contributed by atoms with E-state index in [0.717, 1.165) is 6.07 Å². The topological polar surface area (TPSA) is 26.0 Å². The number of hydrogen-bond donors (Lipinski definition) is 1. The lowest BCUT2D eigenvalue weighted by atomic mass is 9.99.